The Balaban J connectivity index is 1.98. The highest BCUT2D eigenvalue weighted by atomic mass is 16.5. The third-order valence-electron chi connectivity index (χ3n) is 3.46. The number of nitrogens with one attached hydrogen (secondary N) is 1. The first-order valence-corrected chi connectivity index (χ1v) is 6.72. The first-order chi connectivity index (χ1) is 10.2. The predicted octanol–water partition coefficient (Wildman–Crippen LogP) is 2.55. The lowest BCUT2D eigenvalue weighted by Gasteiger charge is -2.15. The molecule has 3 rings (SSSR count). The summed E-state index contributed by atoms with van der Waals surface area (Å²) >= 11 is 0. The van der Waals surface area contributed by atoms with Crippen molar-refractivity contribution in [2.75, 3.05) is 12.4 Å². The van der Waals surface area contributed by atoms with Gasteiger partial charge in [0.05, 0.1) is 13.2 Å². The van der Waals surface area contributed by atoms with Gasteiger partial charge in [-0.25, -0.2) is 4.98 Å². The summed E-state index contributed by atoms with van der Waals surface area (Å²) in [5, 5.41) is 13.5. The number of rotatable bonds is 4. The zero-order valence-corrected chi connectivity index (χ0v) is 12.2. The van der Waals surface area contributed by atoms with E-state index >= 15 is 0 Å². The number of hydrogen-bond donors (Lipinski definition) is 1. The minimum atomic E-state index is 0.00167. The van der Waals surface area contributed by atoms with Crippen molar-refractivity contribution in [1.29, 1.82) is 0 Å². The fraction of sp³-hybridized carbons (Fsp3) is 0.267. The Morgan fingerprint density at radius 2 is 2.14 bits per heavy atom. The van der Waals surface area contributed by atoms with Crippen LogP contribution in [0.4, 0.5) is 5.82 Å². The Labute approximate surface area is 122 Å². The molecule has 1 atom stereocenters. The molecule has 0 aliphatic carbocycles. The topological polar surface area (TPSA) is 64.9 Å². The minimum Gasteiger partial charge on any atom is -0.497 e. The molecular formula is C15H17N5O. The van der Waals surface area contributed by atoms with Gasteiger partial charge in [0.2, 0.25) is 0 Å². The number of hydrogen-bond acceptors (Lipinski definition) is 5. The summed E-state index contributed by atoms with van der Waals surface area (Å²) in [5.41, 5.74) is 0. The highest BCUT2D eigenvalue weighted by Gasteiger charge is 2.13. The summed E-state index contributed by atoms with van der Waals surface area (Å²) in [4.78, 5) is 4.44. The number of aromatic nitrogens is 4. The lowest BCUT2D eigenvalue weighted by atomic mass is 10.1. The van der Waals surface area contributed by atoms with Gasteiger partial charge in [-0.15, -0.1) is 10.2 Å². The lowest BCUT2D eigenvalue weighted by Crippen LogP contribution is -2.13. The molecule has 0 saturated heterocycles. The Morgan fingerprint density at radius 1 is 1.29 bits per heavy atom. The number of ether oxygens (including phenoxy) is 1. The average Bonchev–Trinajstić information content (AvgIpc) is 2.93. The summed E-state index contributed by atoms with van der Waals surface area (Å²) in [7, 11) is 3.58. The molecule has 0 saturated carbocycles. The molecule has 0 aliphatic heterocycles. The molecule has 6 heteroatoms. The summed E-state index contributed by atoms with van der Waals surface area (Å²) in [5.74, 6) is 2.48. The Hall–Kier alpha value is -2.63. The van der Waals surface area contributed by atoms with Gasteiger partial charge in [0, 0.05) is 18.6 Å². The molecule has 6 nitrogen and oxygen atoms in total. The fourth-order valence-electron chi connectivity index (χ4n) is 2.34. The maximum atomic E-state index is 5.29. The van der Waals surface area contributed by atoms with E-state index in [1.807, 2.05) is 42.8 Å². The van der Waals surface area contributed by atoms with E-state index in [9.17, 15) is 0 Å². The second-order valence-electron chi connectivity index (χ2n) is 4.91. The van der Waals surface area contributed by atoms with E-state index < -0.39 is 0 Å². The minimum absolute atomic E-state index is 0.00167. The second-order valence-corrected chi connectivity index (χ2v) is 4.91. The molecule has 0 radical (unpaired) electrons. The van der Waals surface area contributed by atoms with Gasteiger partial charge in [0.15, 0.2) is 5.82 Å². The van der Waals surface area contributed by atoms with Crippen LogP contribution in [0.3, 0.4) is 0 Å². The van der Waals surface area contributed by atoms with Crippen molar-refractivity contribution in [3.63, 3.8) is 0 Å². The molecule has 108 valence electrons. The van der Waals surface area contributed by atoms with Crippen molar-refractivity contribution in [1.82, 2.24) is 19.7 Å². The van der Waals surface area contributed by atoms with Crippen LogP contribution in [0.2, 0.25) is 0 Å². The van der Waals surface area contributed by atoms with E-state index in [1.54, 1.807) is 19.6 Å². The van der Waals surface area contributed by atoms with Crippen LogP contribution in [0.1, 0.15) is 18.8 Å². The Morgan fingerprint density at radius 3 is 2.86 bits per heavy atom. The van der Waals surface area contributed by atoms with Crippen molar-refractivity contribution in [2.24, 2.45) is 7.05 Å². The van der Waals surface area contributed by atoms with Gasteiger partial charge in [-0.2, -0.15) is 0 Å². The molecule has 3 aromatic rings. The molecule has 0 spiro atoms. The third kappa shape index (κ3) is 2.52. The molecular weight excluding hydrogens is 266 g/mol. The van der Waals surface area contributed by atoms with E-state index in [4.69, 9.17) is 4.74 Å². The van der Waals surface area contributed by atoms with Crippen LogP contribution in [0.25, 0.3) is 10.8 Å². The van der Waals surface area contributed by atoms with Gasteiger partial charge < -0.3 is 14.6 Å². The second kappa shape index (κ2) is 5.40. The standard InChI is InChI=1S/C15H17N5O/c1-10(15-19-17-9-20(15)2)18-14-13-8-12(21-3)5-4-11(13)6-7-16-14/h4-10H,1-3H3,(H,16,18). The number of aryl methyl sites for hydroxylation is 1. The van der Waals surface area contributed by atoms with Crippen LogP contribution in [-0.2, 0) is 7.05 Å². The zero-order chi connectivity index (χ0) is 14.8. The Bertz CT molecular complexity index is 768. The first-order valence-electron chi connectivity index (χ1n) is 6.72. The number of anilines is 1. The van der Waals surface area contributed by atoms with Gasteiger partial charge in [-0.3, -0.25) is 0 Å². The van der Waals surface area contributed by atoms with Gasteiger partial charge in [0.1, 0.15) is 17.9 Å². The third-order valence-corrected chi connectivity index (χ3v) is 3.46. The van der Waals surface area contributed by atoms with Crippen molar-refractivity contribution in [3.05, 3.63) is 42.6 Å². The molecule has 0 bridgehead atoms. The molecule has 0 aliphatic rings. The van der Waals surface area contributed by atoms with E-state index in [1.165, 1.54) is 0 Å². The molecule has 2 aromatic heterocycles. The van der Waals surface area contributed by atoms with Crippen LogP contribution in [-0.4, -0.2) is 26.9 Å². The normalized spacial score (nSPS) is 12.3. The van der Waals surface area contributed by atoms with Crippen molar-refractivity contribution in [3.8, 4) is 5.75 Å². The van der Waals surface area contributed by atoms with E-state index in [-0.39, 0.29) is 6.04 Å². The SMILES string of the molecule is COc1ccc2ccnc(NC(C)c3nncn3C)c2c1. The highest BCUT2D eigenvalue weighted by Crippen LogP contribution is 2.27. The molecule has 1 N–H and O–H groups in total. The first kappa shape index (κ1) is 13.4. The quantitative estimate of drug-likeness (QED) is 0.797. The summed E-state index contributed by atoms with van der Waals surface area (Å²) < 4.78 is 7.18. The van der Waals surface area contributed by atoms with Crippen LogP contribution >= 0.6 is 0 Å². The number of methoxy groups -OCH3 is 1. The van der Waals surface area contributed by atoms with Gasteiger partial charge >= 0.3 is 0 Å². The van der Waals surface area contributed by atoms with Crippen LogP contribution < -0.4 is 10.1 Å². The summed E-state index contributed by atoms with van der Waals surface area (Å²) in [6, 6.07) is 7.93. The van der Waals surface area contributed by atoms with E-state index in [0.29, 0.717) is 0 Å². The van der Waals surface area contributed by atoms with Crippen molar-refractivity contribution in [2.45, 2.75) is 13.0 Å². The molecule has 1 unspecified atom stereocenters. The largest absolute Gasteiger partial charge is 0.497 e. The van der Waals surface area contributed by atoms with Crippen molar-refractivity contribution < 1.29 is 4.74 Å². The zero-order valence-electron chi connectivity index (χ0n) is 12.2. The molecule has 1 aromatic carbocycles. The fourth-order valence-corrected chi connectivity index (χ4v) is 2.34. The van der Waals surface area contributed by atoms with Crippen LogP contribution in [0.15, 0.2) is 36.8 Å². The summed E-state index contributed by atoms with van der Waals surface area (Å²) in [6.07, 6.45) is 3.48. The lowest BCUT2D eigenvalue weighted by molar-refractivity contribution is 0.415. The number of fused-ring (bicyclic) bond motifs is 1. The molecule has 21 heavy (non-hydrogen) atoms. The predicted molar refractivity (Wildman–Crippen MR) is 81.3 cm³/mol. The molecule has 2 heterocycles. The molecule has 0 amide bonds. The van der Waals surface area contributed by atoms with Crippen LogP contribution in [0.5, 0.6) is 5.75 Å². The van der Waals surface area contributed by atoms with Gasteiger partial charge in [-0.05, 0) is 30.5 Å². The monoisotopic (exact) mass is 283 g/mol. The molecule has 0 fully saturated rings. The van der Waals surface area contributed by atoms with E-state index in [2.05, 4.69) is 20.5 Å². The number of pyridine rings is 1. The van der Waals surface area contributed by atoms with Gasteiger partial charge in [-0.1, -0.05) is 6.07 Å². The smallest absolute Gasteiger partial charge is 0.154 e. The average molecular weight is 283 g/mol. The van der Waals surface area contributed by atoms with Crippen LogP contribution in [0, 0.1) is 0 Å². The number of nitrogens with zero attached hydrogens (tertiary/aromatic N) is 4. The van der Waals surface area contributed by atoms with Gasteiger partial charge in [0.25, 0.3) is 0 Å². The Kier molecular flexibility index (Phi) is 3.43. The van der Waals surface area contributed by atoms with Crippen molar-refractivity contribution >= 4 is 16.6 Å². The summed E-state index contributed by atoms with van der Waals surface area (Å²) in [6.45, 7) is 2.03. The maximum absolute atomic E-state index is 5.29. The maximum Gasteiger partial charge on any atom is 0.154 e. The number of benzene rings is 1. The highest BCUT2D eigenvalue weighted by molar-refractivity contribution is 5.92. The van der Waals surface area contributed by atoms with E-state index in [0.717, 1.165) is 28.2 Å².